The van der Waals surface area contributed by atoms with E-state index in [9.17, 15) is 10.2 Å². The van der Waals surface area contributed by atoms with Crippen LogP contribution >= 0.6 is 0 Å². The Morgan fingerprint density at radius 1 is 0.708 bits per heavy atom. The van der Waals surface area contributed by atoms with Crippen molar-refractivity contribution in [3.8, 4) is 11.5 Å². The summed E-state index contributed by atoms with van der Waals surface area (Å²) in [6.45, 7) is 0. The van der Waals surface area contributed by atoms with Gasteiger partial charge in [0.15, 0.2) is 0 Å². The lowest BCUT2D eigenvalue weighted by Gasteiger charge is -2.29. The summed E-state index contributed by atoms with van der Waals surface area (Å²) in [6, 6.07) is 14.3. The topological polar surface area (TPSA) is 65.2 Å². The van der Waals surface area contributed by atoms with Crippen LogP contribution in [-0.4, -0.2) is 28.3 Å². The molecule has 0 aliphatic heterocycles. The van der Waals surface area contributed by atoms with Crippen LogP contribution in [0.5, 0.6) is 11.5 Å². The van der Waals surface area contributed by atoms with Gasteiger partial charge in [-0.1, -0.05) is 30.7 Å². The fraction of sp³-hybridized carbons (Fsp3) is 0.300. The molecule has 4 heteroatoms. The molecule has 1 saturated carbocycles. The SMILES string of the molecule is Oc1ccccc1/C=N\C1(/N=C/c2ccccc2O)CCCCC1. The van der Waals surface area contributed by atoms with Crippen molar-refractivity contribution in [2.75, 3.05) is 0 Å². The Bertz CT molecular complexity index is 689. The lowest BCUT2D eigenvalue weighted by atomic mass is 9.90. The molecule has 4 nitrogen and oxygen atoms in total. The Balaban J connectivity index is 1.88. The van der Waals surface area contributed by atoms with Crippen LogP contribution in [0.1, 0.15) is 43.2 Å². The number of phenolic OH excluding ortho intramolecular Hbond substituents is 2. The molecule has 2 N–H and O–H groups in total. The molecule has 0 spiro atoms. The molecule has 0 saturated heterocycles. The average molecular weight is 322 g/mol. The molecule has 2 aromatic rings. The first-order valence-electron chi connectivity index (χ1n) is 8.35. The van der Waals surface area contributed by atoms with E-state index in [1.165, 1.54) is 6.42 Å². The minimum absolute atomic E-state index is 0.219. The predicted octanol–water partition coefficient (Wildman–Crippen LogP) is 4.30. The highest BCUT2D eigenvalue weighted by Gasteiger charge is 2.29. The molecule has 0 heterocycles. The van der Waals surface area contributed by atoms with Gasteiger partial charge in [-0.15, -0.1) is 0 Å². The maximum atomic E-state index is 9.91. The van der Waals surface area contributed by atoms with Crippen molar-refractivity contribution in [2.24, 2.45) is 9.98 Å². The zero-order chi connectivity index (χ0) is 16.8. The minimum atomic E-state index is -0.511. The van der Waals surface area contributed by atoms with E-state index in [1.54, 1.807) is 36.7 Å². The van der Waals surface area contributed by atoms with Crippen molar-refractivity contribution in [1.29, 1.82) is 0 Å². The van der Waals surface area contributed by atoms with Crippen molar-refractivity contribution in [2.45, 2.75) is 37.8 Å². The van der Waals surface area contributed by atoms with E-state index in [2.05, 4.69) is 0 Å². The van der Waals surface area contributed by atoms with Gasteiger partial charge in [0, 0.05) is 23.6 Å². The Morgan fingerprint density at radius 2 is 1.17 bits per heavy atom. The fourth-order valence-corrected chi connectivity index (χ4v) is 2.98. The number of rotatable bonds is 4. The smallest absolute Gasteiger partial charge is 0.150 e. The molecule has 0 atom stereocenters. The monoisotopic (exact) mass is 322 g/mol. The first-order valence-corrected chi connectivity index (χ1v) is 8.35. The molecule has 0 bridgehead atoms. The summed E-state index contributed by atoms with van der Waals surface area (Å²) in [7, 11) is 0. The van der Waals surface area contributed by atoms with Crippen molar-refractivity contribution in [3.63, 3.8) is 0 Å². The van der Waals surface area contributed by atoms with Crippen LogP contribution in [0.2, 0.25) is 0 Å². The third-order valence-corrected chi connectivity index (χ3v) is 4.42. The lowest BCUT2D eigenvalue weighted by Crippen LogP contribution is -2.27. The fourth-order valence-electron chi connectivity index (χ4n) is 2.98. The predicted molar refractivity (Wildman–Crippen MR) is 97.2 cm³/mol. The lowest BCUT2D eigenvalue weighted by molar-refractivity contribution is 0.313. The number of hydrogen-bond donors (Lipinski definition) is 2. The molecule has 24 heavy (non-hydrogen) atoms. The highest BCUT2D eigenvalue weighted by molar-refractivity contribution is 5.85. The molecular weight excluding hydrogens is 300 g/mol. The molecule has 0 amide bonds. The minimum Gasteiger partial charge on any atom is -0.507 e. The zero-order valence-corrected chi connectivity index (χ0v) is 13.6. The van der Waals surface area contributed by atoms with Crippen molar-refractivity contribution >= 4 is 12.4 Å². The van der Waals surface area contributed by atoms with Gasteiger partial charge < -0.3 is 10.2 Å². The Labute approximate surface area is 142 Å². The van der Waals surface area contributed by atoms with E-state index in [1.807, 2.05) is 24.3 Å². The second-order valence-electron chi connectivity index (χ2n) is 6.18. The maximum absolute atomic E-state index is 9.91. The Hall–Kier alpha value is -2.62. The molecule has 2 aromatic carbocycles. The Kier molecular flexibility index (Phi) is 4.94. The van der Waals surface area contributed by atoms with Crippen LogP contribution < -0.4 is 0 Å². The van der Waals surface area contributed by atoms with E-state index >= 15 is 0 Å². The number of nitrogens with zero attached hydrogens (tertiary/aromatic N) is 2. The number of hydrogen-bond acceptors (Lipinski definition) is 4. The van der Waals surface area contributed by atoms with Crippen LogP contribution in [0.15, 0.2) is 58.5 Å². The van der Waals surface area contributed by atoms with E-state index in [0.717, 1.165) is 25.7 Å². The van der Waals surface area contributed by atoms with Crippen molar-refractivity contribution < 1.29 is 10.2 Å². The van der Waals surface area contributed by atoms with Gasteiger partial charge in [-0.2, -0.15) is 0 Å². The summed E-state index contributed by atoms with van der Waals surface area (Å²) in [4.78, 5) is 9.45. The largest absolute Gasteiger partial charge is 0.507 e. The van der Waals surface area contributed by atoms with Crippen LogP contribution in [0.25, 0.3) is 0 Å². The average Bonchev–Trinajstić information content (AvgIpc) is 2.61. The number of aliphatic imine (C=N–C) groups is 2. The molecule has 0 unspecified atom stereocenters. The first kappa shape index (κ1) is 16.2. The van der Waals surface area contributed by atoms with Crippen molar-refractivity contribution in [1.82, 2.24) is 0 Å². The first-order chi connectivity index (χ1) is 11.7. The summed E-state index contributed by atoms with van der Waals surface area (Å²) >= 11 is 0. The second-order valence-corrected chi connectivity index (χ2v) is 6.18. The van der Waals surface area contributed by atoms with E-state index in [0.29, 0.717) is 11.1 Å². The van der Waals surface area contributed by atoms with Gasteiger partial charge in [0.1, 0.15) is 17.2 Å². The highest BCUT2D eigenvalue weighted by Crippen LogP contribution is 2.33. The molecule has 1 fully saturated rings. The third-order valence-electron chi connectivity index (χ3n) is 4.42. The molecule has 1 aliphatic carbocycles. The normalized spacial score (nSPS) is 17.5. The molecule has 0 aromatic heterocycles. The second kappa shape index (κ2) is 7.30. The molecule has 3 rings (SSSR count). The maximum Gasteiger partial charge on any atom is 0.150 e. The highest BCUT2D eigenvalue weighted by atomic mass is 16.3. The van der Waals surface area contributed by atoms with Crippen LogP contribution in [0.4, 0.5) is 0 Å². The zero-order valence-electron chi connectivity index (χ0n) is 13.6. The number of para-hydroxylation sites is 2. The summed E-state index contributed by atoms with van der Waals surface area (Å²) in [6.07, 6.45) is 8.53. The Morgan fingerprint density at radius 3 is 1.62 bits per heavy atom. The van der Waals surface area contributed by atoms with Gasteiger partial charge >= 0.3 is 0 Å². The molecule has 0 radical (unpaired) electrons. The quantitative estimate of drug-likeness (QED) is 0.824. The van der Waals surface area contributed by atoms with Crippen molar-refractivity contribution in [3.05, 3.63) is 59.7 Å². The van der Waals surface area contributed by atoms with E-state index in [-0.39, 0.29) is 11.5 Å². The summed E-state index contributed by atoms with van der Waals surface area (Å²) in [5.41, 5.74) is 0.878. The van der Waals surface area contributed by atoms with Gasteiger partial charge in [-0.25, -0.2) is 0 Å². The van der Waals surface area contributed by atoms with Crippen LogP contribution in [0.3, 0.4) is 0 Å². The molecule has 124 valence electrons. The number of aromatic hydroxyl groups is 2. The van der Waals surface area contributed by atoms with Gasteiger partial charge in [0.25, 0.3) is 0 Å². The summed E-state index contributed by atoms with van der Waals surface area (Å²) in [5.74, 6) is 0.439. The van der Waals surface area contributed by atoms with Gasteiger partial charge in [-0.05, 0) is 49.9 Å². The third kappa shape index (κ3) is 3.82. The van der Waals surface area contributed by atoms with Gasteiger partial charge in [0.05, 0.1) is 0 Å². The van der Waals surface area contributed by atoms with E-state index < -0.39 is 5.66 Å². The van der Waals surface area contributed by atoms with Gasteiger partial charge in [0.2, 0.25) is 0 Å². The van der Waals surface area contributed by atoms with Crippen LogP contribution in [0, 0.1) is 0 Å². The number of benzene rings is 2. The standard InChI is InChI=1S/C20H22N2O2/c23-18-10-4-2-8-16(18)14-21-20(12-6-1-7-13-20)22-15-17-9-3-5-11-19(17)24/h2-5,8-11,14-15,23-24H,1,6-7,12-13H2/b21-14-,22-15+. The van der Waals surface area contributed by atoms with Crippen LogP contribution in [-0.2, 0) is 0 Å². The summed E-state index contributed by atoms with van der Waals surface area (Å²) in [5, 5.41) is 19.8. The summed E-state index contributed by atoms with van der Waals surface area (Å²) < 4.78 is 0. The van der Waals surface area contributed by atoms with E-state index in [4.69, 9.17) is 9.98 Å². The number of phenols is 2. The molecular formula is C20H22N2O2. The van der Waals surface area contributed by atoms with Gasteiger partial charge in [-0.3, -0.25) is 9.98 Å². The molecule has 1 aliphatic rings.